The minimum Gasteiger partial charge on any atom is -0.379 e. The van der Waals surface area contributed by atoms with Crippen LogP contribution in [0.15, 0.2) is 11.6 Å². The standard InChI is InChI=1S/C11H15N3OS/c1-9-8-16-11-12-10(7-14(9)11)6-13-2-4-15-5-3-13/h7-8H,2-6H2,1H3. The molecule has 1 aliphatic heterocycles. The number of fused-ring (bicyclic) bond motifs is 1. The van der Waals surface area contributed by atoms with E-state index >= 15 is 0 Å². The molecule has 0 spiro atoms. The number of aryl methyl sites for hydroxylation is 1. The minimum absolute atomic E-state index is 0.848. The van der Waals surface area contributed by atoms with Gasteiger partial charge in [0.25, 0.3) is 0 Å². The third-order valence-corrected chi connectivity index (χ3v) is 3.89. The summed E-state index contributed by atoms with van der Waals surface area (Å²) < 4.78 is 7.50. The van der Waals surface area contributed by atoms with E-state index in [0.29, 0.717) is 0 Å². The summed E-state index contributed by atoms with van der Waals surface area (Å²) in [5.41, 5.74) is 2.43. The fourth-order valence-electron chi connectivity index (χ4n) is 2.00. The number of nitrogens with zero attached hydrogens (tertiary/aromatic N) is 3. The van der Waals surface area contributed by atoms with Crippen LogP contribution in [-0.2, 0) is 11.3 Å². The van der Waals surface area contributed by atoms with E-state index < -0.39 is 0 Å². The van der Waals surface area contributed by atoms with E-state index in [4.69, 9.17) is 4.74 Å². The maximum atomic E-state index is 5.34. The Morgan fingerprint density at radius 3 is 3.00 bits per heavy atom. The molecule has 16 heavy (non-hydrogen) atoms. The second kappa shape index (κ2) is 4.16. The molecule has 2 aromatic heterocycles. The number of morpholine rings is 1. The first-order valence-electron chi connectivity index (χ1n) is 5.55. The number of hydrogen-bond acceptors (Lipinski definition) is 4. The average Bonchev–Trinajstić information content (AvgIpc) is 2.83. The summed E-state index contributed by atoms with van der Waals surface area (Å²) >= 11 is 1.71. The monoisotopic (exact) mass is 237 g/mol. The van der Waals surface area contributed by atoms with Crippen molar-refractivity contribution in [2.45, 2.75) is 13.5 Å². The number of rotatable bonds is 2. The second-order valence-electron chi connectivity index (χ2n) is 4.15. The smallest absolute Gasteiger partial charge is 0.194 e. The molecule has 0 radical (unpaired) electrons. The van der Waals surface area contributed by atoms with Crippen LogP contribution in [0.25, 0.3) is 4.96 Å². The van der Waals surface area contributed by atoms with Gasteiger partial charge >= 0.3 is 0 Å². The normalized spacial score (nSPS) is 18.3. The van der Waals surface area contributed by atoms with E-state index in [9.17, 15) is 0 Å². The SMILES string of the molecule is Cc1csc2nc(CN3CCOCC3)cn12. The topological polar surface area (TPSA) is 29.8 Å². The molecule has 0 unspecified atom stereocenters. The Bertz CT molecular complexity index is 484. The summed E-state index contributed by atoms with van der Waals surface area (Å²) in [5.74, 6) is 0. The molecule has 1 fully saturated rings. The zero-order valence-electron chi connectivity index (χ0n) is 9.35. The molecule has 4 nitrogen and oxygen atoms in total. The predicted molar refractivity (Wildman–Crippen MR) is 63.9 cm³/mol. The highest BCUT2D eigenvalue weighted by Gasteiger charge is 2.13. The Morgan fingerprint density at radius 2 is 2.25 bits per heavy atom. The summed E-state index contributed by atoms with van der Waals surface area (Å²) in [6, 6.07) is 0. The minimum atomic E-state index is 0.848. The molecule has 1 saturated heterocycles. The van der Waals surface area contributed by atoms with Gasteiger partial charge in [-0.15, -0.1) is 11.3 Å². The van der Waals surface area contributed by atoms with Crippen molar-refractivity contribution < 1.29 is 4.74 Å². The molecule has 0 aliphatic carbocycles. The van der Waals surface area contributed by atoms with Crippen molar-refractivity contribution in [3.63, 3.8) is 0 Å². The molecule has 0 saturated carbocycles. The van der Waals surface area contributed by atoms with Crippen LogP contribution < -0.4 is 0 Å². The highest BCUT2D eigenvalue weighted by atomic mass is 32.1. The first-order valence-corrected chi connectivity index (χ1v) is 6.43. The van der Waals surface area contributed by atoms with E-state index in [1.807, 2.05) is 0 Å². The summed E-state index contributed by atoms with van der Waals surface area (Å²) in [7, 11) is 0. The lowest BCUT2D eigenvalue weighted by Gasteiger charge is -2.25. The van der Waals surface area contributed by atoms with E-state index in [2.05, 4.69) is 32.8 Å². The average molecular weight is 237 g/mol. The van der Waals surface area contributed by atoms with Crippen LogP contribution >= 0.6 is 11.3 Å². The summed E-state index contributed by atoms with van der Waals surface area (Å²) in [4.78, 5) is 8.12. The highest BCUT2D eigenvalue weighted by Crippen LogP contribution is 2.16. The van der Waals surface area contributed by atoms with E-state index in [1.165, 1.54) is 5.69 Å². The van der Waals surface area contributed by atoms with Crippen LogP contribution in [0.4, 0.5) is 0 Å². The van der Waals surface area contributed by atoms with Crippen molar-refractivity contribution in [2.75, 3.05) is 26.3 Å². The van der Waals surface area contributed by atoms with E-state index in [0.717, 1.165) is 43.5 Å². The molecule has 0 N–H and O–H groups in total. The molecule has 86 valence electrons. The van der Waals surface area contributed by atoms with Gasteiger partial charge in [0, 0.05) is 36.9 Å². The first-order chi connectivity index (χ1) is 7.83. The van der Waals surface area contributed by atoms with Crippen molar-refractivity contribution in [1.29, 1.82) is 0 Å². The molecule has 0 atom stereocenters. The van der Waals surface area contributed by atoms with Crippen LogP contribution in [0.3, 0.4) is 0 Å². The Kier molecular flexibility index (Phi) is 2.67. The zero-order valence-corrected chi connectivity index (χ0v) is 10.2. The van der Waals surface area contributed by atoms with Crippen molar-refractivity contribution in [2.24, 2.45) is 0 Å². The van der Waals surface area contributed by atoms with Gasteiger partial charge in [0.05, 0.1) is 18.9 Å². The Balaban J connectivity index is 1.78. The lowest BCUT2D eigenvalue weighted by molar-refractivity contribution is 0.0337. The van der Waals surface area contributed by atoms with Crippen LogP contribution in [0, 0.1) is 6.92 Å². The number of aromatic nitrogens is 2. The molecule has 1 aliphatic rings. The van der Waals surface area contributed by atoms with Crippen molar-refractivity contribution >= 4 is 16.3 Å². The van der Waals surface area contributed by atoms with Gasteiger partial charge in [-0.05, 0) is 6.92 Å². The molecule has 3 rings (SSSR count). The maximum Gasteiger partial charge on any atom is 0.194 e. The van der Waals surface area contributed by atoms with Crippen molar-refractivity contribution in [3.8, 4) is 0 Å². The van der Waals surface area contributed by atoms with Gasteiger partial charge in [-0.3, -0.25) is 9.30 Å². The Morgan fingerprint density at radius 1 is 1.44 bits per heavy atom. The molecule has 2 aromatic rings. The van der Waals surface area contributed by atoms with Crippen molar-refractivity contribution in [3.05, 3.63) is 23.0 Å². The van der Waals surface area contributed by atoms with Gasteiger partial charge < -0.3 is 4.74 Å². The van der Waals surface area contributed by atoms with Gasteiger partial charge in [-0.2, -0.15) is 0 Å². The van der Waals surface area contributed by atoms with Crippen LogP contribution in [0.5, 0.6) is 0 Å². The molecule has 0 bridgehead atoms. The molecular formula is C11H15N3OS. The Labute approximate surface area is 98.5 Å². The molecule has 3 heterocycles. The number of thiazole rings is 1. The quantitative estimate of drug-likeness (QED) is 0.793. The molecule has 0 amide bonds. The third-order valence-electron chi connectivity index (χ3n) is 2.93. The fraction of sp³-hybridized carbons (Fsp3) is 0.545. The lowest BCUT2D eigenvalue weighted by Crippen LogP contribution is -2.35. The maximum absolute atomic E-state index is 5.34. The van der Waals surface area contributed by atoms with Gasteiger partial charge in [0.1, 0.15) is 0 Å². The van der Waals surface area contributed by atoms with Gasteiger partial charge in [-0.1, -0.05) is 0 Å². The molecular weight excluding hydrogens is 222 g/mol. The van der Waals surface area contributed by atoms with Crippen LogP contribution in [-0.4, -0.2) is 40.6 Å². The van der Waals surface area contributed by atoms with Gasteiger partial charge in [0.15, 0.2) is 4.96 Å². The van der Waals surface area contributed by atoms with Crippen LogP contribution in [0.2, 0.25) is 0 Å². The highest BCUT2D eigenvalue weighted by molar-refractivity contribution is 7.15. The zero-order chi connectivity index (χ0) is 11.0. The van der Waals surface area contributed by atoms with Gasteiger partial charge in [0.2, 0.25) is 0 Å². The van der Waals surface area contributed by atoms with E-state index in [-0.39, 0.29) is 0 Å². The van der Waals surface area contributed by atoms with Gasteiger partial charge in [-0.25, -0.2) is 4.98 Å². The molecule has 5 heteroatoms. The summed E-state index contributed by atoms with van der Waals surface area (Å²) in [6.45, 7) is 6.79. The van der Waals surface area contributed by atoms with Crippen LogP contribution in [0.1, 0.15) is 11.4 Å². The number of ether oxygens (including phenoxy) is 1. The first kappa shape index (κ1) is 10.3. The summed E-state index contributed by atoms with van der Waals surface area (Å²) in [5, 5.41) is 2.14. The fourth-order valence-corrected chi connectivity index (χ4v) is 2.87. The lowest BCUT2D eigenvalue weighted by atomic mass is 10.3. The largest absolute Gasteiger partial charge is 0.379 e. The predicted octanol–water partition coefficient (Wildman–Crippen LogP) is 1.54. The number of imidazole rings is 1. The second-order valence-corrected chi connectivity index (χ2v) is 4.99. The van der Waals surface area contributed by atoms with E-state index in [1.54, 1.807) is 11.3 Å². The summed E-state index contributed by atoms with van der Waals surface area (Å²) in [6.07, 6.45) is 2.15. The molecule has 0 aromatic carbocycles. The van der Waals surface area contributed by atoms with Crippen molar-refractivity contribution in [1.82, 2.24) is 14.3 Å². The number of hydrogen-bond donors (Lipinski definition) is 0. The Hall–Kier alpha value is -0.910. The third kappa shape index (κ3) is 1.86.